The SMILES string of the molecule is FC(C(F)(F)F)C(F)(F)Cc1ccc(CC(F)(F)C(F)C(F)(F)F)cc1. The summed E-state index contributed by atoms with van der Waals surface area (Å²) in [6, 6.07) is 2.46. The van der Waals surface area contributed by atoms with Crippen molar-refractivity contribution in [3.05, 3.63) is 35.4 Å². The highest BCUT2D eigenvalue weighted by Crippen LogP contribution is 2.38. The van der Waals surface area contributed by atoms with Crippen molar-refractivity contribution in [2.75, 3.05) is 0 Å². The predicted octanol–water partition coefficient (Wildman–Crippen LogP) is 5.84. The first kappa shape index (κ1) is 22.4. The van der Waals surface area contributed by atoms with Crippen LogP contribution in [0.3, 0.4) is 0 Å². The average Bonchev–Trinajstić information content (AvgIpc) is 2.45. The Balaban J connectivity index is 2.87. The Morgan fingerprint density at radius 2 is 0.769 bits per heavy atom. The van der Waals surface area contributed by atoms with Gasteiger partial charge in [0.05, 0.1) is 0 Å². The summed E-state index contributed by atoms with van der Waals surface area (Å²) >= 11 is 0. The number of benzene rings is 1. The minimum atomic E-state index is -5.82. The number of alkyl halides is 12. The second-order valence-electron chi connectivity index (χ2n) is 5.50. The largest absolute Gasteiger partial charge is 0.425 e. The van der Waals surface area contributed by atoms with Crippen molar-refractivity contribution in [3.63, 3.8) is 0 Å². The Morgan fingerprint density at radius 3 is 0.962 bits per heavy atom. The van der Waals surface area contributed by atoms with Crippen molar-refractivity contribution in [3.8, 4) is 0 Å². The van der Waals surface area contributed by atoms with Crippen molar-refractivity contribution in [1.82, 2.24) is 0 Å². The highest BCUT2D eigenvalue weighted by molar-refractivity contribution is 5.25. The van der Waals surface area contributed by atoms with E-state index >= 15 is 0 Å². The Bertz CT molecular complexity index is 530. The van der Waals surface area contributed by atoms with Crippen LogP contribution in [-0.2, 0) is 12.8 Å². The molecule has 0 bridgehead atoms. The lowest BCUT2D eigenvalue weighted by atomic mass is 9.98. The van der Waals surface area contributed by atoms with Gasteiger partial charge in [-0.1, -0.05) is 24.3 Å². The maximum atomic E-state index is 13.2. The van der Waals surface area contributed by atoms with Gasteiger partial charge in [-0.15, -0.1) is 0 Å². The standard InChI is InChI=1S/C14H10F12/c15-9(13(21,22)23)11(17,18)5-7-1-2-8(4-3-7)6-12(19,20)10(16)14(24,25)26/h1-4,9-10H,5-6H2. The third-order valence-corrected chi connectivity index (χ3v) is 3.22. The molecule has 0 radical (unpaired) electrons. The second kappa shape index (κ2) is 7.18. The van der Waals surface area contributed by atoms with Gasteiger partial charge in [-0.05, 0) is 11.1 Å². The number of rotatable bonds is 6. The van der Waals surface area contributed by atoms with E-state index < -0.39 is 60.5 Å². The van der Waals surface area contributed by atoms with Gasteiger partial charge in [0.2, 0.25) is 0 Å². The van der Waals surface area contributed by atoms with E-state index in [-0.39, 0.29) is 0 Å². The summed E-state index contributed by atoms with van der Waals surface area (Å²) in [6.45, 7) is 0. The minimum absolute atomic E-state index is 0.582. The van der Waals surface area contributed by atoms with E-state index in [0.717, 1.165) is 0 Å². The molecule has 0 saturated heterocycles. The fraction of sp³-hybridized carbons (Fsp3) is 0.571. The minimum Gasteiger partial charge on any atom is -0.231 e. The lowest BCUT2D eigenvalue weighted by Crippen LogP contribution is -2.43. The molecule has 0 heterocycles. The van der Waals surface area contributed by atoms with Gasteiger partial charge in [0.15, 0.2) is 0 Å². The summed E-state index contributed by atoms with van der Waals surface area (Å²) in [4.78, 5) is 0. The molecule has 1 aromatic rings. The monoisotopic (exact) mass is 406 g/mol. The van der Waals surface area contributed by atoms with E-state index in [1.165, 1.54) is 0 Å². The van der Waals surface area contributed by atoms with Crippen LogP contribution in [0, 0.1) is 0 Å². The first-order valence-corrected chi connectivity index (χ1v) is 6.72. The molecule has 2 unspecified atom stereocenters. The maximum absolute atomic E-state index is 13.2. The van der Waals surface area contributed by atoms with Gasteiger partial charge >= 0.3 is 12.4 Å². The summed E-state index contributed by atoms with van der Waals surface area (Å²) < 4.78 is 150. The molecule has 1 rings (SSSR count). The molecule has 2 atom stereocenters. The van der Waals surface area contributed by atoms with E-state index in [9.17, 15) is 52.7 Å². The molecule has 0 aliphatic heterocycles. The van der Waals surface area contributed by atoms with Gasteiger partial charge in [-0.25, -0.2) is 26.3 Å². The first-order chi connectivity index (χ1) is 11.5. The number of hydrogen-bond acceptors (Lipinski definition) is 0. The number of halogens is 12. The van der Waals surface area contributed by atoms with Gasteiger partial charge in [0.1, 0.15) is 0 Å². The predicted molar refractivity (Wildman–Crippen MR) is 65.6 cm³/mol. The van der Waals surface area contributed by atoms with E-state index in [4.69, 9.17) is 0 Å². The molecule has 0 saturated carbocycles. The highest BCUT2D eigenvalue weighted by Gasteiger charge is 2.57. The van der Waals surface area contributed by atoms with Crippen LogP contribution in [0.15, 0.2) is 24.3 Å². The van der Waals surface area contributed by atoms with Gasteiger partial charge in [-0.2, -0.15) is 26.3 Å². The average molecular weight is 406 g/mol. The molecule has 0 aliphatic carbocycles. The molecular weight excluding hydrogens is 396 g/mol. The summed E-state index contributed by atoms with van der Waals surface area (Å²) in [5.74, 6) is -9.69. The normalized spacial score (nSPS) is 16.5. The van der Waals surface area contributed by atoms with E-state index in [1.54, 1.807) is 0 Å². The molecule has 0 N–H and O–H groups in total. The van der Waals surface area contributed by atoms with E-state index in [1.807, 2.05) is 0 Å². The summed E-state index contributed by atoms with van der Waals surface area (Å²) in [5, 5.41) is 0. The molecule has 0 nitrogen and oxygen atoms in total. The topological polar surface area (TPSA) is 0 Å². The zero-order valence-corrected chi connectivity index (χ0v) is 12.4. The zero-order valence-electron chi connectivity index (χ0n) is 12.4. The van der Waals surface area contributed by atoms with Gasteiger partial charge < -0.3 is 0 Å². The fourth-order valence-electron chi connectivity index (χ4n) is 1.98. The molecule has 0 amide bonds. The third kappa shape index (κ3) is 5.70. The molecule has 0 aliphatic rings. The van der Waals surface area contributed by atoms with Crippen molar-refractivity contribution < 1.29 is 52.7 Å². The molecule has 26 heavy (non-hydrogen) atoms. The fourth-order valence-corrected chi connectivity index (χ4v) is 1.98. The Kier molecular flexibility index (Phi) is 6.19. The van der Waals surface area contributed by atoms with Crippen molar-refractivity contribution in [2.24, 2.45) is 0 Å². The van der Waals surface area contributed by atoms with Crippen LogP contribution in [0.4, 0.5) is 52.7 Å². The Labute approximate surface area is 138 Å². The van der Waals surface area contributed by atoms with Gasteiger partial charge in [0.25, 0.3) is 24.2 Å². The molecule has 1 aromatic carbocycles. The maximum Gasteiger partial charge on any atom is 0.425 e. The first-order valence-electron chi connectivity index (χ1n) is 6.72. The van der Waals surface area contributed by atoms with Gasteiger partial charge in [0, 0.05) is 12.8 Å². The number of hydrogen-bond donors (Lipinski definition) is 0. The molecule has 0 fully saturated rings. The molecular formula is C14H10F12. The van der Waals surface area contributed by atoms with E-state index in [2.05, 4.69) is 0 Å². The van der Waals surface area contributed by atoms with Crippen LogP contribution in [0.25, 0.3) is 0 Å². The van der Waals surface area contributed by atoms with Crippen LogP contribution in [-0.4, -0.2) is 36.5 Å². The van der Waals surface area contributed by atoms with Crippen molar-refractivity contribution in [2.45, 2.75) is 49.4 Å². The third-order valence-electron chi connectivity index (χ3n) is 3.22. The van der Waals surface area contributed by atoms with Crippen LogP contribution >= 0.6 is 0 Å². The smallest absolute Gasteiger partial charge is 0.231 e. The second-order valence-corrected chi connectivity index (χ2v) is 5.50. The Morgan fingerprint density at radius 1 is 0.538 bits per heavy atom. The molecule has 12 heteroatoms. The molecule has 0 spiro atoms. The quantitative estimate of drug-likeness (QED) is 0.521. The van der Waals surface area contributed by atoms with Crippen molar-refractivity contribution >= 4 is 0 Å². The zero-order chi connectivity index (χ0) is 20.6. The summed E-state index contributed by atoms with van der Waals surface area (Å²) in [7, 11) is 0. The van der Waals surface area contributed by atoms with Gasteiger partial charge in [-0.3, -0.25) is 0 Å². The van der Waals surface area contributed by atoms with Crippen LogP contribution in [0.1, 0.15) is 11.1 Å². The van der Waals surface area contributed by atoms with E-state index in [0.29, 0.717) is 24.3 Å². The van der Waals surface area contributed by atoms with Crippen molar-refractivity contribution in [1.29, 1.82) is 0 Å². The summed E-state index contributed by atoms with van der Waals surface area (Å²) in [5.41, 5.74) is -1.16. The molecule has 150 valence electrons. The summed E-state index contributed by atoms with van der Waals surface area (Å²) in [6.07, 6.45) is -24.0. The highest BCUT2D eigenvalue weighted by atomic mass is 19.4. The lowest BCUT2D eigenvalue weighted by Gasteiger charge is -2.23. The molecule has 0 aromatic heterocycles. The van der Waals surface area contributed by atoms with Crippen LogP contribution in [0.2, 0.25) is 0 Å². The van der Waals surface area contributed by atoms with Crippen LogP contribution < -0.4 is 0 Å². The lowest BCUT2D eigenvalue weighted by molar-refractivity contribution is -0.244. The Hall–Kier alpha value is -1.62. The van der Waals surface area contributed by atoms with Crippen LogP contribution in [0.5, 0.6) is 0 Å².